The maximum Gasteiger partial charge on any atom is 0.247 e. The van der Waals surface area contributed by atoms with Crippen molar-refractivity contribution in [1.29, 1.82) is 0 Å². The number of carbonyl (C=O) groups is 2. The number of para-hydroxylation sites is 1. The summed E-state index contributed by atoms with van der Waals surface area (Å²) in [6.45, 7) is 0.602. The second-order valence-corrected chi connectivity index (χ2v) is 7.30. The Morgan fingerprint density at radius 2 is 1.97 bits per heavy atom. The molecule has 0 aliphatic rings. The Labute approximate surface area is 190 Å². The Bertz CT molecular complexity index is 1190. The average molecular weight is 448 g/mol. The van der Waals surface area contributed by atoms with Gasteiger partial charge >= 0.3 is 0 Å². The van der Waals surface area contributed by atoms with Crippen LogP contribution in [0, 0.1) is 0 Å². The molecule has 3 heterocycles. The predicted molar refractivity (Wildman–Crippen MR) is 119 cm³/mol. The summed E-state index contributed by atoms with van der Waals surface area (Å²) in [6.07, 6.45) is 4.72. The number of amides is 2. The van der Waals surface area contributed by atoms with Crippen LogP contribution < -0.4 is 5.32 Å². The van der Waals surface area contributed by atoms with Crippen molar-refractivity contribution in [3.63, 3.8) is 0 Å². The van der Waals surface area contributed by atoms with Gasteiger partial charge in [0.2, 0.25) is 11.8 Å². The number of aromatic nitrogens is 4. The molecule has 4 aromatic rings. The maximum absolute atomic E-state index is 13.5. The Balaban J connectivity index is 1.61. The number of methoxy groups -OCH3 is 1. The summed E-state index contributed by atoms with van der Waals surface area (Å²) in [4.78, 5) is 32.3. The summed E-state index contributed by atoms with van der Waals surface area (Å²) in [7, 11) is 1.55. The highest BCUT2D eigenvalue weighted by molar-refractivity contribution is 5.89. The van der Waals surface area contributed by atoms with E-state index in [0.29, 0.717) is 16.8 Å². The molecule has 33 heavy (non-hydrogen) atoms. The Hall–Kier alpha value is -4.05. The molecule has 1 atom stereocenters. The molecule has 1 N–H and O–H groups in total. The number of pyridine rings is 1. The van der Waals surface area contributed by atoms with Gasteiger partial charge in [0.25, 0.3) is 0 Å². The van der Waals surface area contributed by atoms with Gasteiger partial charge in [-0.1, -0.05) is 17.3 Å². The third-order valence-electron chi connectivity index (χ3n) is 5.16. The molecule has 0 saturated heterocycles. The summed E-state index contributed by atoms with van der Waals surface area (Å²) < 4.78 is 12.1. The average Bonchev–Trinajstić information content (AvgIpc) is 3.51. The standard InChI is InChI=1S/C23H24N6O4/c1-32-14-12-28(21(30)16-29-20-7-3-2-6-19(20)26-27-29)22(17-8-10-24-11-9-17)23(31)25-15-18-5-4-13-33-18/h2-11,13,22H,12,14-16H2,1H3,(H,25,31)/t22-/m0/s1. The van der Waals surface area contributed by atoms with Gasteiger partial charge in [-0.15, -0.1) is 5.10 Å². The van der Waals surface area contributed by atoms with Gasteiger partial charge in [0.05, 0.1) is 24.9 Å². The number of hydrogen-bond acceptors (Lipinski definition) is 7. The maximum atomic E-state index is 13.5. The Morgan fingerprint density at radius 1 is 1.15 bits per heavy atom. The fourth-order valence-corrected chi connectivity index (χ4v) is 3.54. The molecule has 10 heteroatoms. The van der Waals surface area contributed by atoms with Crippen LogP contribution in [-0.2, 0) is 27.4 Å². The fourth-order valence-electron chi connectivity index (χ4n) is 3.54. The first-order valence-corrected chi connectivity index (χ1v) is 10.4. The predicted octanol–water partition coefficient (Wildman–Crippen LogP) is 1.95. The van der Waals surface area contributed by atoms with E-state index in [4.69, 9.17) is 9.15 Å². The third kappa shape index (κ3) is 5.24. The van der Waals surface area contributed by atoms with Gasteiger partial charge in [-0.05, 0) is 42.0 Å². The molecule has 3 aromatic heterocycles. The van der Waals surface area contributed by atoms with E-state index in [-0.39, 0.29) is 38.1 Å². The highest BCUT2D eigenvalue weighted by atomic mass is 16.5. The first-order chi connectivity index (χ1) is 16.2. The second kappa shape index (κ2) is 10.5. The van der Waals surface area contributed by atoms with Crippen molar-refractivity contribution in [2.24, 2.45) is 0 Å². The molecule has 1 aromatic carbocycles. The van der Waals surface area contributed by atoms with Gasteiger partial charge in [0, 0.05) is 26.0 Å². The number of rotatable bonds is 10. The van der Waals surface area contributed by atoms with Gasteiger partial charge < -0.3 is 19.4 Å². The van der Waals surface area contributed by atoms with E-state index in [0.717, 1.165) is 5.52 Å². The van der Waals surface area contributed by atoms with Crippen molar-refractivity contribution >= 4 is 22.8 Å². The van der Waals surface area contributed by atoms with Crippen LogP contribution >= 0.6 is 0 Å². The number of nitrogens with zero attached hydrogens (tertiary/aromatic N) is 5. The summed E-state index contributed by atoms with van der Waals surface area (Å²) >= 11 is 0. The minimum absolute atomic E-state index is 0.0721. The van der Waals surface area contributed by atoms with Crippen LogP contribution in [0.25, 0.3) is 11.0 Å². The van der Waals surface area contributed by atoms with Crippen molar-refractivity contribution in [2.75, 3.05) is 20.3 Å². The lowest BCUT2D eigenvalue weighted by Gasteiger charge is -2.31. The molecule has 4 rings (SSSR count). The van der Waals surface area contributed by atoms with Crippen LogP contribution in [0.5, 0.6) is 0 Å². The lowest BCUT2D eigenvalue weighted by Crippen LogP contribution is -2.46. The van der Waals surface area contributed by atoms with E-state index in [2.05, 4.69) is 20.6 Å². The van der Waals surface area contributed by atoms with E-state index in [1.54, 1.807) is 50.0 Å². The highest BCUT2D eigenvalue weighted by Crippen LogP contribution is 2.22. The van der Waals surface area contributed by atoms with Crippen molar-refractivity contribution in [3.8, 4) is 0 Å². The number of nitrogens with one attached hydrogen (secondary N) is 1. The van der Waals surface area contributed by atoms with Crippen molar-refractivity contribution in [3.05, 3.63) is 78.5 Å². The number of ether oxygens (including phenoxy) is 1. The van der Waals surface area contributed by atoms with Gasteiger partial charge in [-0.3, -0.25) is 14.6 Å². The second-order valence-electron chi connectivity index (χ2n) is 7.30. The molecule has 0 aliphatic heterocycles. The van der Waals surface area contributed by atoms with E-state index in [1.807, 2.05) is 24.3 Å². The minimum atomic E-state index is -0.889. The number of furan rings is 1. The molecule has 0 aliphatic carbocycles. The summed E-state index contributed by atoms with van der Waals surface area (Å²) in [5.41, 5.74) is 2.06. The van der Waals surface area contributed by atoms with Crippen LogP contribution in [-0.4, -0.2) is 57.0 Å². The molecular formula is C23H24N6O4. The molecule has 2 amide bonds. The van der Waals surface area contributed by atoms with Crippen LogP contribution in [0.4, 0.5) is 0 Å². The lowest BCUT2D eigenvalue weighted by molar-refractivity contribution is -0.142. The molecule has 10 nitrogen and oxygen atoms in total. The van der Waals surface area contributed by atoms with Crippen LogP contribution in [0.1, 0.15) is 17.4 Å². The minimum Gasteiger partial charge on any atom is -0.467 e. The molecule has 0 unspecified atom stereocenters. The zero-order valence-electron chi connectivity index (χ0n) is 18.1. The number of hydrogen-bond donors (Lipinski definition) is 1. The zero-order valence-corrected chi connectivity index (χ0v) is 18.1. The van der Waals surface area contributed by atoms with Crippen molar-refractivity contribution in [1.82, 2.24) is 30.2 Å². The molecule has 170 valence electrons. The van der Waals surface area contributed by atoms with Crippen molar-refractivity contribution < 1.29 is 18.7 Å². The fraction of sp³-hybridized carbons (Fsp3) is 0.261. The van der Waals surface area contributed by atoms with E-state index in [9.17, 15) is 9.59 Å². The number of benzene rings is 1. The van der Waals surface area contributed by atoms with Gasteiger partial charge in [0.1, 0.15) is 23.9 Å². The first kappa shape index (κ1) is 22.2. The topological polar surface area (TPSA) is 115 Å². The van der Waals surface area contributed by atoms with Gasteiger partial charge in [0.15, 0.2) is 0 Å². The van der Waals surface area contributed by atoms with Crippen LogP contribution in [0.15, 0.2) is 71.6 Å². The van der Waals surface area contributed by atoms with E-state index in [1.165, 1.54) is 9.58 Å². The number of fused-ring (bicyclic) bond motifs is 1. The third-order valence-corrected chi connectivity index (χ3v) is 5.16. The molecule has 0 radical (unpaired) electrons. The van der Waals surface area contributed by atoms with E-state index >= 15 is 0 Å². The highest BCUT2D eigenvalue weighted by Gasteiger charge is 2.31. The summed E-state index contributed by atoms with van der Waals surface area (Å²) in [6, 6.07) is 13.5. The largest absolute Gasteiger partial charge is 0.467 e. The molecule has 0 spiro atoms. The smallest absolute Gasteiger partial charge is 0.247 e. The molecule has 0 fully saturated rings. The van der Waals surface area contributed by atoms with Gasteiger partial charge in [-0.2, -0.15) is 0 Å². The first-order valence-electron chi connectivity index (χ1n) is 10.4. The summed E-state index contributed by atoms with van der Waals surface area (Å²) in [5, 5.41) is 11.1. The van der Waals surface area contributed by atoms with Crippen molar-refractivity contribution in [2.45, 2.75) is 19.1 Å². The zero-order chi connectivity index (χ0) is 23.0. The lowest BCUT2D eigenvalue weighted by atomic mass is 10.1. The quantitative estimate of drug-likeness (QED) is 0.394. The van der Waals surface area contributed by atoms with E-state index < -0.39 is 6.04 Å². The number of carbonyl (C=O) groups excluding carboxylic acids is 2. The monoisotopic (exact) mass is 448 g/mol. The molecular weight excluding hydrogens is 424 g/mol. The SMILES string of the molecule is COCCN(C(=O)Cn1nnc2ccccc21)[C@H](C(=O)NCc1ccco1)c1ccncc1. The molecule has 0 bridgehead atoms. The summed E-state index contributed by atoms with van der Waals surface area (Å²) in [5.74, 6) is -0.0242. The van der Waals surface area contributed by atoms with Crippen LogP contribution in [0.2, 0.25) is 0 Å². The molecule has 0 saturated carbocycles. The van der Waals surface area contributed by atoms with Gasteiger partial charge in [-0.25, -0.2) is 4.68 Å². The van der Waals surface area contributed by atoms with Crippen LogP contribution in [0.3, 0.4) is 0 Å². The Kier molecular flexibility index (Phi) is 7.06. The Morgan fingerprint density at radius 3 is 2.73 bits per heavy atom. The normalized spacial score (nSPS) is 11.9.